The summed E-state index contributed by atoms with van der Waals surface area (Å²) in [6.45, 7) is 17.5. The maximum atomic E-state index is 14.7. The van der Waals surface area contributed by atoms with Gasteiger partial charge in [0.25, 0.3) is 0 Å². The van der Waals surface area contributed by atoms with Gasteiger partial charge in [-0.15, -0.1) is 0 Å². The maximum Gasteiger partial charge on any atom is 0.311 e. The van der Waals surface area contributed by atoms with Crippen LogP contribution in [-0.2, 0) is 38.0 Å². The zero-order chi connectivity index (χ0) is 60.6. The molecule has 0 unspecified atom stereocenters. The highest BCUT2D eigenvalue weighted by atomic mass is 35.5. The van der Waals surface area contributed by atoms with Gasteiger partial charge in [-0.05, 0) is 131 Å². The van der Waals surface area contributed by atoms with E-state index in [0.717, 1.165) is 38.3 Å². The smallest absolute Gasteiger partial charge is 0.311 e. The maximum absolute atomic E-state index is 14.7. The number of hydrogen-bond donors (Lipinski definition) is 5. The van der Waals surface area contributed by atoms with Crippen LogP contribution >= 0.6 is 7.26 Å². The number of nitrogens with zero attached hydrogens (tertiary/aromatic N) is 2. The van der Waals surface area contributed by atoms with Crippen LogP contribution in [-0.4, -0.2) is 171 Å². The molecule has 15 nitrogen and oxygen atoms in total. The van der Waals surface area contributed by atoms with Crippen LogP contribution in [0.15, 0.2) is 78.9 Å². The number of aliphatic hydroxyl groups is 5. The summed E-state index contributed by atoms with van der Waals surface area (Å²) < 4.78 is 38.3. The quantitative estimate of drug-likeness (QED) is 0.0527. The second kappa shape index (κ2) is 30.4. The van der Waals surface area contributed by atoms with Crippen LogP contribution in [0.5, 0.6) is 0 Å². The first-order chi connectivity index (χ1) is 39.3. The number of carbonyl (C=O) groups excluding carboxylic acids is 2. The number of benzene rings is 3. The molecule has 472 valence electrons. The topological polar surface area (TPSA) is 197 Å². The van der Waals surface area contributed by atoms with Crippen molar-refractivity contribution in [3.05, 3.63) is 78.9 Å². The Kier molecular flexibility index (Phi) is 25.3. The van der Waals surface area contributed by atoms with Gasteiger partial charge in [-0.2, -0.15) is 0 Å². The second-order valence-electron chi connectivity index (χ2n) is 26.1. The van der Waals surface area contributed by atoms with E-state index in [9.17, 15) is 35.1 Å². The fourth-order valence-electron chi connectivity index (χ4n) is 14.4. The largest absolute Gasteiger partial charge is 1.00 e. The minimum absolute atomic E-state index is 0. The third-order valence-corrected chi connectivity index (χ3v) is 23.8. The van der Waals surface area contributed by atoms with Crippen molar-refractivity contribution in [2.75, 3.05) is 33.9 Å². The van der Waals surface area contributed by atoms with Crippen molar-refractivity contribution in [2.45, 2.75) is 249 Å². The number of esters is 1. The van der Waals surface area contributed by atoms with E-state index >= 15 is 0 Å². The van der Waals surface area contributed by atoms with E-state index in [4.69, 9.17) is 28.4 Å². The molecule has 0 spiro atoms. The van der Waals surface area contributed by atoms with Gasteiger partial charge in [0.15, 0.2) is 12.6 Å². The number of hydrogen-bond acceptors (Lipinski definition) is 14. The van der Waals surface area contributed by atoms with Crippen molar-refractivity contribution >= 4 is 35.1 Å². The van der Waals surface area contributed by atoms with Crippen LogP contribution in [0.1, 0.15) is 159 Å². The third kappa shape index (κ3) is 15.6. The Morgan fingerprint density at radius 1 is 0.750 bits per heavy atom. The molecule has 84 heavy (non-hydrogen) atoms. The predicted octanol–water partition coefficient (Wildman–Crippen LogP) is 5.68. The molecule has 0 radical (unpaired) electrons. The average molecular weight is 1210 g/mol. The lowest BCUT2D eigenvalue weighted by atomic mass is 9.77. The molecule has 0 bridgehead atoms. The molecular formula is C67H104ClN2O13P. The molecule has 3 aromatic rings. The van der Waals surface area contributed by atoms with Crippen molar-refractivity contribution < 1.29 is 75.9 Å². The van der Waals surface area contributed by atoms with Gasteiger partial charge >= 0.3 is 5.97 Å². The standard InChI is InChI=1S/C67H104N2O13P.ClH/c1-14-55-67(10,76)60(72)47(6)69(56(70)37-25-20-18-16-15-17-19-21-30-38-83(49-31-23-22-24-32-49)53-35-28-26-33-50(53)51-34-27-29-36-54(51)83)42-43(2)40-65(8,75)62(82-64-58(71)52(68(11)12)39-44(3)78-64)45(4)59(46(5)63(74)80-55)81-57-41-66(9,77-13)61(73)48(7)79-57;/h22-24,26-29,31-36,43-48,52,55,57-62,64,71-73,75-76H,14-21,25,30,37-42H2,1-13H3;1H/q+1;/p-1/t43-,44-,45+,46-,47-,48+,52+,55-,57+,58-,59+,60-,61+,62-,64+,65-,66-,67-;/m1./s1. The van der Waals surface area contributed by atoms with E-state index < -0.39 is 109 Å². The molecular weight excluding hydrogens is 1110 g/mol. The molecule has 0 aromatic heterocycles. The van der Waals surface area contributed by atoms with Crippen molar-refractivity contribution in [1.82, 2.24) is 9.80 Å². The van der Waals surface area contributed by atoms with Crippen LogP contribution < -0.4 is 28.3 Å². The van der Waals surface area contributed by atoms with E-state index in [-0.39, 0.29) is 62.7 Å². The van der Waals surface area contributed by atoms with E-state index in [2.05, 4.69) is 78.9 Å². The van der Waals surface area contributed by atoms with E-state index in [1.54, 1.807) is 46.4 Å². The van der Waals surface area contributed by atoms with Crippen molar-refractivity contribution in [3.63, 3.8) is 0 Å². The normalized spacial score (nSPS) is 35.7. The summed E-state index contributed by atoms with van der Waals surface area (Å²) in [5, 5.41) is 65.0. The molecule has 0 saturated carbocycles. The Labute approximate surface area is 509 Å². The van der Waals surface area contributed by atoms with Crippen LogP contribution in [0.3, 0.4) is 0 Å². The van der Waals surface area contributed by atoms with Gasteiger partial charge < -0.3 is 76.2 Å². The summed E-state index contributed by atoms with van der Waals surface area (Å²) in [6.07, 6.45) is 1.34. The van der Waals surface area contributed by atoms with Gasteiger partial charge in [-0.1, -0.05) is 114 Å². The number of aliphatic hydroxyl groups excluding tert-OH is 3. The predicted molar refractivity (Wildman–Crippen MR) is 328 cm³/mol. The van der Waals surface area contributed by atoms with Crippen LogP contribution in [0.4, 0.5) is 0 Å². The number of amides is 1. The Morgan fingerprint density at radius 2 is 1.31 bits per heavy atom. The zero-order valence-electron chi connectivity index (χ0n) is 52.7. The van der Waals surface area contributed by atoms with E-state index in [1.165, 1.54) is 60.3 Å². The highest BCUT2D eigenvalue weighted by Crippen LogP contribution is 2.62. The van der Waals surface area contributed by atoms with Gasteiger partial charge in [0.1, 0.15) is 53.2 Å². The van der Waals surface area contributed by atoms with Gasteiger partial charge in [-0.3, -0.25) is 9.59 Å². The Balaban J connectivity index is 0.0000113. The zero-order valence-corrected chi connectivity index (χ0v) is 54.4. The lowest BCUT2D eigenvalue weighted by Gasteiger charge is -2.48. The molecule has 3 fully saturated rings. The minimum atomic E-state index is -2.00. The number of carbonyl (C=O) groups is 2. The first-order valence-corrected chi connectivity index (χ1v) is 33.3. The summed E-state index contributed by atoms with van der Waals surface area (Å²) in [7, 11) is 3.50. The Hall–Kier alpha value is -3.12. The monoisotopic (exact) mass is 1210 g/mol. The fraction of sp³-hybridized carbons (Fsp3) is 0.701. The minimum Gasteiger partial charge on any atom is -1.00 e. The van der Waals surface area contributed by atoms with Crippen LogP contribution in [0.2, 0.25) is 0 Å². The summed E-state index contributed by atoms with van der Waals surface area (Å²) in [6, 6.07) is 28.0. The lowest BCUT2D eigenvalue weighted by molar-refractivity contribution is -0.318. The van der Waals surface area contributed by atoms with Gasteiger partial charge in [0, 0.05) is 49.6 Å². The second-order valence-corrected chi connectivity index (χ2v) is 29.7. The Morgan fingerprint density at radius 3 is 1.88 bits per heavy atom. The molecule has 3 aromatic carbocycles. The lowest BCUT2D eigenvalue weighted by Crippen LogP contribution is -3.00. The molecule has 7 rings (SSSR count). The van der Waals surface area contributed by atoms with Crippen molar-refractivity contribution in [1.29, 1.82) is 0 Å². The molecule has 18 atom stereocenters. The van der Waals surface area contributed by atoms with Gasteiger partial charge in [0.05, 0.1) is 53.7 Å². The summed E-state index contributed by atoms with van der Waals surface area (Å²) in [5.74, 6) is -3.26. The SMILES string of the molecule is CC[C@H]1OC(=O)[C@H](C)[C@@H](O[C@H]2C[C@@](C)(OC)[C@@H](O)[C@H](C)O2)[C@H](C)[C@@H](O[C@@H]2O[C@H](C)C[C@H](N(C)C)[C@H]2O)[C@](C)(O)C[C@@H](C)CN(C(=O)CCCCCCCCCCC[P+]2(c3ccccc3)c3ccccc3-c3ccccc32)[C@H](C)[C@@H](O)[C@]1(C)O.[Cl-]. The number of likely N-dealkylation sites (N-methyl/N-ethyl adjacent to an activating group) is 1. The molecule has 3 saturated heterocycles. The number of methoxy groups -OCH3 is 1. The summed E-state index contributed by atoms with van der Waals surface area (Å²) in [5.41, 5.74) is -2.02. The third-order valence-electron chi connectivity index (χ3n) is 19.2. The first-order valence-electron chi connectivity index (χ1n) is 31.3. The molecule has 1 amide bonds. The number of cyclic esters (lactones) is 1. The summed E-state index contributed by atoms with van der Waals surface area (Å²) >= 11 is 0. The number of rotatable bonds is 20. The molecule has 17 heteroatoms. The summed E-state index contributed by atoms with van der Waals surface area (Å²) in [4.78, 5) is 32.9. The molecule has 5 N–H and O–H groups in total. The highest BCUT2D eigenvalue weighted by Gasteiger charge is 2.55. The number of fused-ring (bicyclic) bond motifs is 3. The molecule has 4 heterocycles. The van der Waals surface area contributed by atoms with Crippen molar-refractivity contribution in [2.24, 2.45) is 17.8 Å². The number of ether oxygens (including phenoxy) is 6. The molecule has 4 aliphatic heterocycles. The van der Waals surface area contributed by atoms with Crippen LogP contribution in [0.25, 0.3) is 11.1 Å². The highest BCUT2D eigenvalue weighted by molar-refractivity contribution is 7.96. The van der Waals surface area contributed by atoms with E-state index in [0.29, 0.717) is 12.8 Å². The van der Waals surface area contributed by atoms with Gasteiger partial charge in [0.2, 0.25) is 5.91 Å². The van der Waals surface area contributed by atoms with Crippen molar-refractivity contribution in [3.8, 4) is 11.1 Å². The average Bonchev–Trinajstić information content (AvgIpc) is 1.61. The fourth-order valence-corrected chi connectivity index (χ4v) is 19.2. The number of unbranched alkanes of at least 4 members (excludes halogenated alkanes) is 8. The van der Waals surface area contributed by atoms with Crippen LogP contribution in [0, 0.1) is 17.8 Å². The molecule has 0 aliphatic carbocycles. The molecule has 4 aliphatic rings. The Bertz CT molecular complexity index is 2500. The number of halogens is 1. The van der Waals surface area contributed by atoms with Gasteiger partial charge in [-0.25, -0.2) is 0 Å². The first kappa shape index (κ1) is 70.0. The van der Waals surface area contributed by atoms with E-state index in [1.807, 2.05) is 39.8 Å².